The number of nitrogens with one attached hydrogen (secondary N) is 3. The third-order valence-corrected chi connectivity index (χ3v) is 2.17. The second-order valence-corrected chi connectivity index (χ2v) is 3.48. The summed E-state index contributed by atoms with van der Waals surface area (Å²) in [6.07, 6.45) is 3.72. The molecule has 0 spiro atoms. The van der Waals surface area contributed by atoms with E-state index in [1.807, 2.05) is 24.3 Å². The highest BCUT2D eigenvalue weighted by molar-refractivity contribution is 6.04. The van der Waals surface area contributed by atoms with Crippen molar-refractivity contribution in [2.75, 3.05) is 25.5 Å². The number of anilines is 1. The van der Waals surface area contributed by atoms with Crippen LogP contribution in [0.3, 0.4) is 0 Å². The van der Waals surface area contributed by atoms with Gasteiger partial charge in [0.05, 0.1) is 5.69 Å². The molecular formula is C14H24N6O2. The lowest BCUT2D eigenvalue weighted by Gasteiger charge is -2.12. The lowest BCUT2D eigenvalue weighted by Crippen LogP contribution is -2.14. The number of amidine groups is 1. The molecule has 0 unspecified atom stereocenters. The fraction of sp³-hybridized carbons (Fsp3) is 0.214. The number of aliphatic imine (C=N–C) groups is 1. The predicted octanol–water partition coefficient (Wildman–Crippen LogP) is 1.15. The van der Waals surface area contributed by atoms with Crippen molar-refractivity contribution in [3.63, 3.8) is 0 Å². The van der Waals surface area contributed by atoms with Crippen molar-refractivity contribution in [3.8, 4) is 5.75 Å². The molecule has 0 bridgehead atoms. The van der Waals surface area contributed by atoms with Gasteiger partial charge in [0.2, 0.25) is 6.41 Å². The van der Waals surface area contributed by atoms with Crippen LogP contribution in [0.4, 0.5) is 5.69 Å². The van der Waals surface area contributed by atoms with Crippen LogP contribution < -0.4 is 27.3 Å². The van der Waals surface area contributed by atoms with Gasteiger partial charge in [-0.2, -0.15) is 0 Å². The van der Waals surface area contributed by atoms with Gasteiger partial charge in [-0.25, -0.2) is 0 Å². The first-order valence-corrected chi connectivity index (χ1v) is 6.19. The summed E-state index contributed by atoms with van der Waals surface area (Å²) in [7, 11) is 1.65. The van der Waals surface area contributed by atoms with Gasteiger partial charge in [-0.1, -0.05) is 12.1 Å². The van der Waals surface area contributed by atoms with Gasteiger partial charge < -0.3 is 32.7 Å². The molecule has 0 aromatic heterocycles. The summed E-state index contributed by atoms with van der Waals surface area (Å²) in [5.41, 5.74) is 6.20. The van der Waals surface area contributed by atoms with Crippen LogP contribution in [0.5, 0.6) is 5.75 Å². The average molecular weight is 308 g/mol. The summed E-state index contributed by atoms with van der Waals surface area (Å²) < 4.78 is 5.52. The van der Waals surface area contributed by atoms with Crippen LogP contribution >= 0.6 is 0 Å². The lowest BCUT2D eigenvalue weighted by molar-refractivity contribution is -0.108. The first-order valence-electron chi connectivity index (χ1n) is 6.19. The zero-order valence-corrected chi connectivity index (χ0v) is 12.7. The molecule has 1 aromatic rings. The fourth-order valence-electron chi connectivity index (χ4n) is 1.34. The minimum Gasteiger partial charge on any atom is -0.490 e. The van der Waals surface area contributed by atoms with Crippen LogP contribution in [0.15, 0.2) is 41.5 Å². The lowest BCUT2D eigenvalue weighted by atomic mass is 10.3. The number of hydrogen-bond acceptors (Lipinski definition) is 6. The molecule has 8 N–H and O–H groups in total. The van der Waals surface area contributed by atoms with E-state index in [-0.39, 0.29) is 6.15 Å². The first-order chi connectivity index (χ1) is 10.3. The Bertz CT molecular complexity index is 476. The average Bonchev–Trinajstić information content (AvgIpc) is 2.55. The molecule has 0 atom stereocenters. The Morgan fingerprint density at radius 3 is 2.73 bits per heavy atom. The van der Waals surface area contributed by atoms with Crippen LogP contribution in [0.25, 0.3) is 0 Å². The molecule has 0 saturated carbocycles. The Morgan fingerprint density at radius 1 is 1.45 bits per heavy atom. The minimum atomic E-state index is 0. The van der Waals surface area contributed by atoms with E-state index in [4.69, 9.17) is 15.9 Å². The number of amides is 1. The fourth-order valence-corrected chi connectivity index (χ4v) is 1.34. The van der Waals surface area contributed by atoms with Crippen molar-refractivity contribution < 1.29 is 9.53 Å². The van der Waals surface area contributed by atoms with Crippen molar-refractivity contribution in [3.05, 3.63) is 36.5 Å². The third kappa shape index (κ3) is 8.46. The van der Waals surface area contributed by atoms with Crippen molar-refractivity contribution in [2.45, 2.75) is 0 Å². The van der Waals surface area contributed by atoms with E-state index < -0.39 is 0 Å². The maximum absolute atomic E-state index is 10.2. The van der Waals surface area contributed by atoms with Crippen LogP contribution in [0, 0.1) is 5.41 Å². The largest absolute Gasteiger partial charge is 0.490 e. The second kappa shape index (κ2) is 14.7. The Balaban J connectivity index is 0. The summed E-state index contributed by atoms with van der Waals surface area (Å²) in [6.45, 7) is 3.39. The highest BCUT2D eigenvalue weighted by atomic mass is 16.5. The quantitative estimate of drug-likeness (QED) is 0.291. The molecular weight excluding hydrogens is 284 g/mol. The van der Waals surface area contributed by atoms with Crippen LogP contribution in [-0.2, 0) is 4.79 Å². The molecule has 8 heteroatoms. The molecule has 1 amide bonds. The zero-order chi connectivity index (χ0) is 15.9. The van der Waals surface area contributed by atoms with Crippen molar-refractivity contribution >= 4 is 24.7 Å². The van der Waals surface area contributed by atoms with Crippen LogP contribution in [0.2, 0.25) is 0 Å². The zero-order valence-electron chi connectivity index (χ0n) is 12.7. The summed E-state index contributed by atoms with van der Waals surface area (Å²) in [5, 5.41) is 11.0. The number of ether oxygens (including phenoxy) is 1. The number of carbonyl (C=O) groups is 1. The van der Waals surface area contributed by atoms with Gasteiger partial charge in [0, 0.05) is 19.8 Å². The van der Waals surface area contributed by atoms with E-state index in [0.717, 1.165) is 5.69 Å². The van der Waals surface area contributed by atoms with Gasteiger partial charge in [0.15, 0.2) is 0 Å². The third-order valence-electron chi connectivity index (χ3n) is 2.17. The predicted molar refractivity (Wildman–Crippen MR) is 91.2 cm³/mol. The molecule has 1 aromatic carbocycles. The van der Waals surface area contributed by atoms with Crippen molar-refractivity contribution in [2.24, 2.45) is 10.7 Å². The second-order valence-electron chi connectivity index (χ2n) is 3.48. The maximum Gasteiger partial charge on any atom is 0.211 e. The van der Waals surface area contributed by atoms with E-state index in [2.05, 4.69) is 22.3 Å². The van der Waals surface area contributed by atoms with E-state index >= 15 is 0 Å². The van der Waals surface area contributed by atoms with Crippen molar-refractivity contribution in [1.29, 1.82) is 5.41 Å². The molecule has 0 fully saturated rings. The minimum absolute atomic E-state index is 0. The number of para-hydroxylation sites is 2. The normalized spacial score (nSPS) is 10.0. The molecule has 1 rings (SSSR count). The summed E-state index contributed by atoms with van der Waals surface area (Å²) >= 11 is 0. The number of rotatable bonds is 7. The Labute approximate surface area is 130 Å². The molecule has 8 nitrogen and oxygen atoms in total. The number of carbonyl (C=O) groups excluding carboxylic acids is 1. The van der Waals surface area contributed by atoms with E-state index in [1.54, 1.807) is 13.1 Å². The smallest absolute Gasteiger partial charge is 0.211 e. The van der Waals surface area contributed by atoms with Crippen LogP contribution in [-0.4, -0.2) is 39.2 Å². The standard InChI is InChI=1S/C13H18N4O2.CH3N.H3N/c1-15-13(6-8-16-10-18)17-11-4-2-3-5-12(11)19-9-7-14;1-2;/h2-6,8,10H,7,9,14H2,1H3,(H,15,17)(H,16,18);2H,1H2;1H3/b8-6-;;. The van der Waals surface area contributed by atoms with Gasteiger partial charge in [0.25, 0.3) is 0 Å². The molecule has 0 aliphatic rings. The Kier molecular flexibility index (Phi) is 14.4. The first kappa shape index (κ1) is 21.6. The molecule has 0 aliphatic heterocycles. The van der Waals surface area contributed by atoms with Gasteiger partial charge in [0.1, 0.15) is 18.2 Å². The Morgan fingerprint density at radius 2 is 2.14 bits per heavy atom. The summed E-state index contributed by atoms with van der Waals surface area (Å²) in [6, 6.07) is 7.48. The number of nitrogens with two attached hydrogens (primary N) is 1. The topological polar surface area (TPSA) is 148 Å². The molecule has 22 heavy (non-hydrogen) atoms. The van der Waals surface area contributed by atoms with E-state index in [0.29, 0.717) is 31.1 Å². The van der Waals surface area contributed by atoms with Gasteiger partial charge in [-0.3, -0.25) is 9.79 Å². The van der Waals surface area contributed by atoms with Gasteiger partial charge in [-0.15, -0.1) is 0 Å². The van der Waals surface area contributed by atoms with Crippen molar-refractivity contribution in [1.82, 2.24) is 11.5 Å². The summed E-state index contributed by atoms with van der Waals surface area (Å²) in [4.78, 5) is 14.2. The number of benzene rings is 1. The number of hydrogen-bond donors (Lipinski definition) is 5. The van der Waals surface area contributed by atoms with Gasteiger partial charge >= 0.3 is 0 Å². The van der Waals surface area contributed by atoms with Gasteiger partial charge in [-0.05, 0) is 24.9 Å². The SMILES string of the molecule is C=N.CN=C(/C=C\NC=O)Nc1ccccc1OCCN.N. The highest BCUT2D eigenvalue weighted by Crippen LogP contribution is 2.23. The Hall–Kier alpha value is -2.71. The molecule has 0 aliphatic carbocycles. The molecule has 0 saturated heterocycles. The monoisotopic (exact) mass is 308 g/mol. The van der Waals surface area contributed by atoms with E-state index in [9.17, 15) is 4.79 Å². The molecule has 0 radical (unpaired) electrons. The highest BCUT2D eigenvalue weighted by Gasteiger charge is 2.03. The maximum atomic E-state index is 10.2. The molecule has 122 valence electrons. The van der Waals surface area contributed by atoms with Crippen LogP contribution in [0.1, 0.15) is 0 Å². The van der Waals surface area contributed by atoms with E-state index in [1.165, 1.54) is 6.20 Å². The molecule has 0 heterocycles. The number of nitrogens with zero attached hydrogens (tertiary/aromatic N) is 1. The summed E-state index contributed by atoms with van der Waals surface area (Å²) in [5.74, 6) is 1.30.